The van der Waals surface area contributed by atoms with Gasteiger partial charge in [0.25, 0.3) is 0 Å². The zero-order valence-corrected chi connectivity index (χ0v) is 10.7. The Morgan fingerprint density at radius 2 is 1.81 bits per heavy atom. The van der Waals surface area contributed by atoms with Gasteiger partial charge in [0.2, 0.25) is 0 Å². The van der Waals surface area contributed by atoms with Crippen LogP contribution in [0.15, 0.2) is 30.3 Å². The second-order valence-electron chi connectivity index (χ2n) is 4.76. The Bertz CT molecular complexity index is 327. The van der Waals surface area contributed by atoms with Gasteiger partial charge in [-0.15, -0.1) is 11.6 Å². The molecule has 0 aliphatic carbocycles. The number of alkyl halides is 1. The number of hydrogen-bond acceptors (Lipinski definition) is 1. The first kappa shape index (κ1) is 11.9. The first-order valence-electron chi connectivity index (χ1n) is 5.80. The third-order valence-corrected chi connectivity index (χ3v) is 3.65. The molecule has 0 radical (unpaired) electrons. The van der Waals surface area contributed by atoms with Crippen LogP contribution in [0.4, 0.5) is 0 Å². The average Bonchev–Trinajstić information content (AvgIpc) is 3.10. The predicted octanol–water partition coefficient (Wildman–Crippen LogP) is 1.23. The fraction of sp³-hybridized carbons (Fsp3) is 0.538. The lowest BCUT2D eigenvalue weighted by molar-refractivity contribution is -0.536. The van der Waals surface area contributed by atoms with Crippen molar-refractivity contribution in [3.8, 4) is 0 Å². The summed E-state index contributed by atoms with van der Waals surface area (Å²) in [6.07, 6.45) is 1.47. The van der Waals surface area contributed by atoms with Gasteiger partial charge in [-0.25, -0.2) is 0 Å². The highest BCUT2D eigenvalue weighted by molar-refractivity contribution is 6.15. The zero-order valence-electron chi connectivity index (χ0n) is 9.99. The molecule has 2 fully saturated rings. The van der Waals surface area contributed by atoms with E-state index in [0.717, 1.165) is 0 Å². The van der Waals surface area contributed by atoms with Gasteiger partial charge in [0, 0.05) is 12.4 Å². The van der Waals surface area contributed by atoms with Crippen LogP contribution in [0.1, 0.15) is 18.5 Å². The molecular weight excluding hydrogens is 220 g/mol. The van der Waals surface area contributed by atoms with Crippen LogP contribution < -0.4 is 5.32 Å². The number of quaternary nitrogens is 1. The molecule has 1 aromatic rings. The summed E-state index contributed by atoms with van der Waals surface area (Å²) in [4.78, 5) is 2.57. The third-order valence-electron chi connectivity index (χ3n) is 3.65. The molecule has 3 heteroatoms. The summed E-state index contributed by atoms with van der Waals surface area (Å²) in [5.41, 5.74) is 2.10. The van der Waals surface area contributed by atoms with Crippen LogP contribution in [0, 0.1) is 0 Å². The van der Waals surface area contributed by atoms with Gasteiger partial charge in [0.1, 0.15) is 6.54 Å². The highest BCUT2D eigenvalue weighted by atomic mass is 35.5. The molecule has 2 aliphatic rings. The van der Waals surface area contributed by atoms with E-state index in [1.807, 2.05) is 0 Å². The monoisotopic (exact) mass is 239 g/mol. The van der Waals surface area contributed by atoms with E-state index in [0.29, 0.717) is 11.6 Å². The first-order valence-corrected chi connectivity index (χ1v) is 6.56. The lowest BCUT2D eigenvalue weighted by Crippen LogP contribution is -2.76. The Morgan fingerprint density at radius 1 is 1.25 bits per heavy atom. The van der Waals surface area contributed by atoms with Gasteiger partial charge in [-0.1, -0.05) is 30.3 Å². The minimum Gasteiger partial charge on any atom is -0.329 e. The number of likely N-dealkylation sites (tertiary alicyclic amines) is 1. The predicted molar refractivity (Wildman–Crippen MR) is 67.7 cm³/mol. The highest BCUT2D eigenvalue weighted by Crippen LogP contribution is 2.31. The first-order chi connectivity index (χ1) is 7.79. The van der Waals surface area contributed by atoms with Crippen molar-refractivity contribution >= 4 is 11.6 Å². The molecule has 1 aromatic carbocycles. The summed E-state index contributed by atoms with van der Waals surface area (Å²) < 4.78 is 0. The summed E-state index contributed by atoms with van der Waals surface area (Å²) in [6, 6.07) is 11.4. The summed E-state index contributed by atoms with van der Waals surface area (Å²) in [6.45, 7) is 6.22. The topological polar surface area (TPSA) is 19.9 Å². The summed E-state index contributed by atoms with van der Waals surface area (Å²) >= 11 is 4.64. The third kappa shape index (κ3) is 2.24. The number of hydrogen-bond donors (Lipinski definition) is 1. The summed E-state index contributed by atoms with van der Waals surface area (Å²) in [5, 5.41) is 2.46. The number of nitrogens with zero attached hydrogens (tertiary/aromatic N) is 1. The molecule has 1 atom stereocenters. The van der Waals surface area contributed by atoms with E-state index in [4.69, 9.17) is 0 Å². The zero-order chi connectivity index (χ0) is 11.6. The van der Waals surface area contributed by atoms with Crippen LogP contribution in [0.5, 0.6) is 0 Å². The van der Waals surface area contributed by atoms with Gasteiger partial charge >= 0.3 is 0 Å². The summed E-state index contributed by atoms with van der Waals surface area (Å²) in [7, 11) is 0. The number of halogens is 1. The van der Waals surface area contributed by atoms with Gasteiger partial charge < -0.3 is 5.32 Å². The SMILES string of the molecule is CC(c1ccccc1)N1CC2(C[NH2+]2)C1.CCl. The number of rotatable bonds is 2. The van der Waals surface area contributed by atoms with Crippen LogP contribution >= 0.6 is 11.6 Å². The Balaban J connectivity index is 0.000000457. The van der Waals surface area contributed by atoms with E-state index < -0.39 is 0 Å². The largest absolute Gasteiger partial charge is 0.329 e. The van der Waals surface area contributed by atoms with Gasteiger partial charge in [-0.2, -0.15) is 0 Å². The molecule has 0 amide bonds. The molecule has 1 unspecified atom stereocenters. The molecule has 2 nitrogen and oxygen atoms in total. The Hall–Kier alpha value is -0.570. The normalized spacial score (nSPS) is 22.9. The Labute approximate surface area is 103 Å². The quantitative estimate of drug-likeness (QED) is 0.608. The summed E-state index contributed by atoms with van der Waals surface area (Å²) in [5.74, 6) is 0. The second kappa shape index (κ2) is 4.74. The molecule has 0 bridgehead atoms. The fourth-order valence-corrected chi connectivity index (χ4v) is 2.38. The number of nitrogens with two attached hydrogens (primary N) is 1. The van der Waals surface area contributed by atoms with Crippen molar-refractivity contribution in [3.63, 3.8) is 0 Å². The minimum atomic E-state index is 0.593. The lowest BCUT2D eigenvalue weighted by atomic mass is 9.95. The van der Waals surface area contributed by atoms with Gasteiger partial charge in [0.05, 0.1) is 13.1 Å². The fourth-order valence-electron chi connectivity index (χ4n) is 2.38. The van der Waals surface area contributed by atoms with Crippen molar-refractivity contribution in [2.45, 2.75) is 18.5 Å². The minimum absolute atomic E-state index is 0.593. The molecule has 2 aliphatic heterocycles. The van der Waals surface area contributed by atoms with E-state index in [2.05, 4.69) is 59.1 Å². The molecule has 2 heterocycles. The van der Waals surface area contributed by atoms with Crippen molar-refractivity contribution in [1.29, 1.82) is 0 Å². The molecule has 0 saturated carbocycles. The molecule has 3 rings (SSSR count). The average molecular weight is 240 g/mol. The van der Waals surface area contributed by atoms with Gasteiger partial charge in [-0.3, -0.25) is 4.90 Å². The smallest absolute Gasteiger partial charge is 0.171 e. The molecule has 16 heavy (non-hydrogen) atoms. The van der Waals surface area contributed by atoms with Crippen LogP contribution in [-0.2, 0) is 0 Å². The number of benzene rings is 1. The Kier molecular flexibility index (Phi) is 3.53. The van der Waals surface area contributed by atoms with Gasteiger partial charge in [0.15, 0.2) is 5.54 Å². The molecule has 1 spiro atoms. The van der Waals surface area contributed by atoms with Crippen LogP contribution in [-0.4, -0.2) is 36.5 Å². The maximum Gasteiger partial charge on any atom is 0.171 e. The molecule has 2 saturated heterocycles. The molecular formula is C13H20ClN2+. The standard InChI is InChI=1S/C12H16N2.CH3Cl/c1-10(11-5-3-2-4-6-11)14-8-12(9-14)7-13-12;1-2/h2-6,10,13H,7-9H2,1H3;1H3/p+1. The van der Waals surface area contributed by atoms with Crippen molar-refractivity contribution in [2.75, 3.05) is 26.0 Å². The highest BCUT2D eigenvalue weighted by Gasteiger charge is 2.59. The molecule has 88 valence electrons. The van der Waals surface area contributed by atoms with Crippen molar-refractivity contribution < 1.29 is 5.32 Å². The second-order valence-corrected chi connectivity index (χ2v) is 4.76. The maximum absolute atomic E-state index is 4.64. The molecule has 0 aromatic heterocycles. The van der Waals surface area contributed by atoms with Crippen LogP contribution in [0.2, 0.25) is 0 Å². The van der Waals surface area contributed by atoms with E-state index in [1.165, 1.54) is 31.6 Å². The van der Waals surface area contributed by atoms with Crippen LogP contribution in [0.3, 0.4) is 0 Å². The van der Waals surface area contributed by atoms with Crippen molar-refractivity contribution in [1.82, 2.24) is 4.90 Å². The van der Waals surface area contributed by atoms with E-state index in [1.54, 1.807) is 0 Å². The van der Waals surface area contributed by atoms with E-state index in [-0.39, 0.29) is 0 Å². The maximum atomic E-state index is 4.64. The lowest BCUT2D eigenvalue weighted by Gasteiger charge is -2.39. The van der Waals surface area contributed by atoms with Gasteiger partial charge in [-0.05, 0) is 12.5 Å². The van der Waals surface area contributed by atoms with Crippen LogP contribution in [0.25, 0.3) is 0 Å². The van der Waals surface area contributed by atoms with E-state index >= 15 is 0 Å². The van der Waals surface area contributed by atoms with Crippen molar-refractivity contribution in [3.05, 3.63) is 35.9 Å². The Morgan fingerprint density at radius 3 is 2.31 bits per heavy atom. The molecule has 2 N–H and O–H groups in total. The van der Waals surface area contributed by atoms with Crippen molar-refractivity contribution in [2.24, 2.45) is 0 Å². The van der Waals surface area contributed by atoms with E-state index in [9.17, 15) is 0 Å².